The molecule has 0 radical (unpaired) electrons. The van der Waals surface area contributed by atoms with E-state index in [1.54, 1.807) is 19.1 Å². The summed E-state index contributed by atoms with van der Waals surface area (Å²) < 4.78 is 10.3. The maximum atomic E-state index is 11.5. The van der Waals surface area contributed by atoms with E-state index in [9.17, 15) is 4.79 Å². The van der Waals surface area contributed by atoms with E-state index in [0.29, 0.717) is 25.4 Å². The van der Waals surface area contributed by atoms with E-state index in [2.05, 4.69) is 0 Å². The summed E-state index contributed by atoms with van der Waals surface area (Å²) in [4.78, 5) is 11.5. The largest absolute Gasteiger partial charge is 0.462 e. The highest BCUT2D eigenvalue weighted by molar-refractivity contribution is 5.89. The summed E-state index contributed by atoms with van der Waals surface area (Å²) in [5.41, 5.74) is 8.48. The summed E-state index contributed by atoms with van der Waals surface area (Å²) >= 11 is 0. The number of fused-ring (bicyclic) bond motifs is 1. The van der Waals surface area contributed by atoms with Crippen molar-refractivity contribution in [2.75, 3.05) is 13.2 Å². The van der Waals surface area contributed by atoms with Gasteiger partial charge in [-0.05, 0) is 30.2 Å². The molecule has 0 amide bonds. The normalized spacial score (nSPS) is 19.0. The van der Waals surface area contributed by atoms with Gasteiger partial charge in [0.1, 0.15) is 0 Å². The van der Waals surface area contributed by atoms with E-state index in [0.717, 1.165) is 11.1 Å². The molecule has 1 aliphatic heterocycles. The maximum Gasteiger partial charge on any atom is 0.338 e. The second-order valence-electron chi connectivity index (χ2n) is 3.76. The highest BCUT2D eigenvalue weighted by Gasteiger charge is 2.18. The summed E-state index contributed by atoms with van der Waals surface area (Å²) in [6.07, 6.45) is 0. The van der Waals surface area contributed by atoms with Crippen LogP contribution in [0.1, 0.15) is 34.5 Å². The fraction of sp³-hybridized carbons (Fsp3) is 0.417. The topological polar surface area (TPSA) is 61.5 Å². The first kappa shape index (κ1) is 11.1. The van der Waals surface area contributed by atoms with Crippen LogP contribution in [0.2, 0.25) is 0 Å². The van der Waals surface area contributed by atoms with Gasteiger partial charge in [0.25, 0.3) is 0 Å². The van der Waals surface area contributed by atoms with Crippen LogP contribution in [0.15, 0.2) is 18.2 Å². The van der Waals surface area contributed by atoms with Crippen LogP contribution < -0.4 is 5.73 Å². The van der Waals surface area contributed by atoms with Crippen LogP contribution in [-0.4, -0.2) is 19.2 Å². The van der Waals surface area contributed by atoms with Crippen molar-refractivity contribution >= 4 is 5.97 Å². The van der Waals surface area contributed by atoms with Crippen molar-refractivity contribution in [1.29, 1.82) is 0 Å². The Morgan fingerprint density at radius 1 is 1.62 bits per heavy atom. The number of benzene rings is 1. The average Bonchev–Trinajstić information content (AvgIpc) is 2.29. The molecule has 16 heavy (non-hydrogen) atoms. The minimum Gasteiger partial charge on any atom is -0.462 e. The summed E-state index contributed by atoms with van der Waals surface area (Å²) in [5, 5.41) is 0. The van der Waals surface area contributed by atoms with E-state index >= 15 is 0 Å². The van der Waals surface area contributed by atoms with E-state index in [1.165, 1.54) is 0 Å². The third-order valence-electron chi connectivity index (χ3n) is 2.61. The zero-order valence-corrected chi connectivity index (χ0v) is 9.23. The minimum absolute atomic E-state index is 0.0972. The predicted octanol–water partition coefficient (Wildman–Crippen LogP) is 1.39. The van der Waals surface area contributed by atoms with Crippen LogP contribution in [0.4, 0.5) is 0 Å². The fourth-order valence-electron chi connectivity index (χ4n) is 1.82. The quantitative estimate of drug-likeness (QED) is 0.767. The van der Waals surface area contributed by atoms with Crippen molar-refractivity contribution in [3.05, 3.63) is 34.9 Å². The lowest BCUT2D eigenvalue weighted by molar-refractivity contribution is 0.0525. The van der Waals surface area contributed by atoms with Crippen molar-refractivity contribution in [3.63, 3.8) is 0 Å². The van der Waals surface area contributed by atoms with Crippen LogP contribution in [0.25, 0.3) is 0 Å². The Labute approximate surface area is 94.3 Å². The van der Waals surface area contributed by atoms with Gasteiger partial charge < -0.3 is 15.2 Å². The monoisotopic (exact) mass is 221 g/mol. The molecule has 0 aliphatic carbocycles. The van der Waals surface area contributed by atoms with Gasteiger partial charge in [0.2, 0.25) is 0 Å². The Bertz CT molecular complexity index is 403. The minimum atomic E-state index is -0.301. The molecule has 0 fully saturated rings. The van der Waals surface area contributed by atoms with Gasteiger partial charge in [0, 0.05) is 0 Å². The van der Waals surface area contributed by atoms with Crippen molar-refractivity contribution in [1.82, 2.24) is 0 Å². The van der Waals surface area contributed by atoms with Crippen LogP contribution in [-0.2, 0) is 16.1 Å². The number of hydrogen-bond acceptors (Lipinski definition) is 4. The molecule has 4 heteroatoms. The first-order valence-corrected chi connectivity index (χ1v) is 5.35. The Morgan fingerprint density at radius 2 is 2.44 bits per heavy atom. The second kappa shape index (κ2) is 4.63. The number of esters is 1. The first-order chi connectivity index (χ1) is 7.72. The Balaban J connectivity index is 2.28. The lowest BCUT2D eigenvalue weighted by atomic mass is 9.97. The number of rotatable bonds is 2. The zero-order valence-electron chi connectivity index (χ0n) is 9.23. The van der Waals surface area contributed by atoms with E-state index in [1.807, 2.05) is 6.07 Å². The molecule has 0 aromatic heterocycles. The number of carbonyl (C=O) groups excluding carboxylic acids is 1. The lowest BCUT2D eigenvalue weighted by Crippen LogP contribution is -2.23. The van der Waals surface area contributed by atoms with Crippen LogP contribution in [0.3, 0.4) is 0 Å². The van der Waals surface area contributed by atoms with Gasteiger partial charge in [-0.15, -0.1) is 0 Å². The molecule has 2 rings (SSSR count). The molecular weight excluding hydrogens is 206 g/mol. The molecule has 0 unspecified atom stereocenters. The van der Waals surface area contributed by atoms with E-state index in [-0.39, 0.29) is 12.0 Å². The van der Waals surface area contributed by atoms with Crippen molar-refractivity contribution in [2.45, 2.75) is 19.6 Å². The third-order valence-corrected chi connectivity index (χ3v) is 2.61. The summed E-state index contributed by atoms with van der Waals surface area (Å²) in [6.45, 7) is 3.21. The van der Waals surface area contributed by atoms with Crippen LogP contribution in [0, 0.1) is 0 Å². The van der Waals surface area contributed by atoms with Crippen LogP contribution >= 0.6 is 0 Å². The number of nitrogens with two attached hydrogens (primary N) is 1. The third kappa shape index (κ3) is 2.08. The number of carbonyl (C=O) groups is 1. The van der Waals surface area contributed by atoms with Gasteiger partial charge in [-0.25, -0.2) is 4.79 Å². The van der Waals surface area contributed by atoms with Crippen molar-refractivity contribution in [2.24, 2.45) is 5.73 Å². The predicted molar refractivity (Wildman–Crippen MR) is 59.0 cm³/mol. The van der Waals surface area contributed by atoms with Crippen molar-refractivity contribution < 1.29 is 14.3 Å². The summed E-state index contributed by atoms with van der Waals surface area (Å²) in [5.74, 6) is -0.301. The molecular formula is C12H15NO3. The zero-order chi connectivity index (χ0) is 11.5. The molecule has 0 spiro atoms. The highest BCUT2D eigenvalue weighted by Crippen LogP contribution is 2.24. The first-order valence-electron chi connectivity index (χ1n) is 5.35. The summed E-state index contributed by atoms with van der Waals surface area (Å²) in [6, 6.07) is 5.34. The van der Waals surface area contributed by atoms with Gasteiger partial charge >= 0.3 is 5.97 Å². The Morgan fingerprint density at radius 3 is 3.19 bits per heavy atom. The average molecular weight is 221 g/mol. The van der Waals surface area contributed by atoms with Gasteiger partial charge in [0.15, 0.2) is 0 Å². The Hall–Kier alpha value is -1.39. The summed E-state index contributed by atoms with van der Waals surface area (Å²) in [7, 11) is 0. The van der Waals surface area contributed by atoms with Gasteiger partial charge in [-0.2, -0.15) is 0 Å². The van der Waals surface area contributed by atoms with E-state index in [4.69, 9.17) is 15.2 Å². The second-order valence-corrected chi connectivity index (χ2v) is 3.76. The molecule has 2 N–H and O–H groups in total. The van der Waals surface area contributed by atoms with Crippen molar-refractivity contribution in [3.8, 4) is 0 Å². The van der Waals surface area contributed by atoms with E-state index < -0.39 is 0 Å². The van der Waals surface area contributed by atoms with Gasteiger partial charge in [-0.3, -0.25) is 0 Å². The SMILES string of the molecule is CCOC(=O)c1ccc2c(c1)COC[C@H]2N. The smallest absolute Gasteiger partial charge is 0.338 e. The highest BCUT2D eigenvalue weighted by atomic mass is 16.5. The molecule has 1 atom stereocenters. The molecule has 1 heterocycles. The maximum absolute atomic E-state index is 11.5. The molecule has 86 valence electrons. The van der Waals surface area contributed by atoms with Gasteiger partial charge in [-0.1, -0.05) is 6.07 Å². The molecule has 1 aromatic rings. The molecule has 0 saturated heterocycles. The Kier molecular flexibility index (Phi) is 3.22. The fourth-order valence-corrected chi connectivity index (χ4v) is 1.82. The lowest BCUT2D eigenvalue weighted by Gasteiger charge is -2.22. The molecule has 1 aliphatic rings. The van der Waals surface area contributed by atoms with Crippen LogP contribution in [0.5, 0.6) is 0 Å². The molecule has 0 bridgehead atoms. The standard InChI is InChI=1S/C12H15NO3/c1-2-16-12(14)8-3-4-10-9(5-8)6-15-7-11(10)13/h3-5,11H,2,6-7,13H2,1H3/t11-/m1/s1. The molecule has 1 aromatic carbocycles. The number of ether oxygens (including phenoxy) is 2. The number of hydrogen-bond donors (Lipinski definition) is 1. The van der Waals surface area contributed by atoms with Gasteiger partial charge in [0.05, 0.1) is 31.4 Å². The molecule has 4 nitrogen and oxygen atoms in total. The molecule has 0 saturated carbocycles.